The Morgan fingerprint density at radius 2 is 1.73 bits per heavy atom. The molecule has 1 amide bonds. The van der Waals surface area contributed by atoms with Gasteiger partial charge in [-0.3, -0.25) is 4.79 Å². The maximum atomic E-state index is 12.9. The summed E-state index contributed by atoms with van der Waals surface area (Å²) in [7, 11) is 0. The summed E-state index contributed by atoms with van der Waals surface area (Å²) >= 11 is 0. The summed E-state index contributed by atoms with van der Waals surface area (Å²) in [6, 6.07) is 7.66. The molecule has 1 aromatic carbocycles. The summed E-state index contributed by atoms with van der Waals surface area (Å²) in [5.74, 6) is 4.22. The lowest BCUT2D eigenvalue weighted by Gasteiger charge is -2.59. The molecule has 4 aliphatic rings. The van der Waals surface area contributed by atoms with Crippen molar-refractivity contribution in [1.82, 2.24) is 10.5 Å². The molecule has 30 heavy (non-hydrogen) atoms. The van der Waals surface area contributed by atoms with Gasteiger partial charge in [-0.15, -0.1) is 0 Å². The highest BCUT2D eigenvalue weighted by molar-refractivity contribution is 5.94. The fourth-order valence-corrected chi connectivity index (χ4v) is 6.71. The number of aromatic nitrogens is 1. The lowest BCUT2D eigenvalue weighted by atomic mass is 9.48. The maximum Gasteiger partial charge on any atom is 0.251 e. The smallest absolute Gasteiger partial charge is 0.251 e. The van der Waals surface area contributed by atoms with E-state index in [1.54, 1.807) is 0 Å². The second-order valence-corrected chi connectivity index (χ2v) is 10.1. The summed E-state index contributed by atoms with van der Waals surface area (Å²) in [6.07, 6.45) is 8.18. The Morgan fingerprint density at radius 3 is 2.27 bits per heavy atom. The molecule has 4 saturated carbocycles. The largest absolute Gasteiger partial charge is 0.489 e. The van der Waals surface area contributed by atoms with Gasteiger partial charge in [0.15, 0.2) is 0 Å². The standard InChI is InChI=1S/C25H32N2O3/c1-15-23(16(2)30-27-15)14-29-22-6-4-21(5-7-22)24(28)26-17(3)25-11-18-8-19(12-25)10-20(9-18)13-25/h4-7,17-20H,8-14H2,1-3H3,(H,26,28)/t17-,18?,19?,20?,25?/m1/s1. The summed E-state index contributed by atoms with van der Waals surface area (Å²) in [5, 5.41) is 7.29. The predicted octanol–water partition coefficient (Wildman–Crippen LogP) is 5.21. The first kappa shape index (κ1) is 19.7. The molecule has 0 saturated heterocycles. The number of carbonyl (C=O) groups excluding carboxylic acids is 1. The summed E-state index contributed by atoms with van der Waals surface area (Å²) in [4.78, 5) is 12.9. The molecule has 160 valence electrons. The average Bonchev–Trinajstić information content (AvgIpc) is 3.03. The molecule has 1 heterocycles. The molecule has 0 spiro atoms. The van der Waals surface area contributed by atoms with Crippen molar-refractivity contribution < 1.29 is 14.1 Å². The van der Waals surface area contributed by atoms with E-state index in [-0.39, 0.29) is 11.9 Å². The van der Waals surface area contributed by atoms with Crippen LogP contribution in [0.4, 0.5) is 0 Å². The Labute approximate surface area is 178 Å². The van der Waals surface area contributed by atoms with Gasteiger partial charge in [0.05, 0.1) is 11.3 Å². The van der Waals surface area contributed by atoms with Gasteiger partial charge in [0.25, 0.3) is 5.91 Å². The first-order valence-corrected chi connectivity index (χ1v) is 11.4. The van der Waals surface area contributed by atoms with E-state index in [9.17, 15) is 4.79 Å². The van der Waals surface area contributed by atoms with E-state index in [2.05, 4.69) is 17.4 Å². The van der Waals surface area contributed by atoms with Gasteiger partial charge in [0.1, 0.15) is 18.1 Å². The number of amides is 1. The highest BCUT2D eigenvalue weighted by Crippen LogP contribution is 2.61. The van der Waals surface area contributed by atoms with E-state index in [1.165, 1.54) is 38.5 Å². The van der Waals surface area contributed by atoms with Crippen molar-refractivity contribution in [2.24, 2.45) is 23.2 Å². The molecule has 1 aromatic heterocycles. The van der Waals surface area contributed by atoms with Crippen molar-refractivity contribution in [3.8, 4) is 5.75 Å². The monoisotopic (exact) mass is 408 g/mol. The second kappa shape index (κ2) is 7.44. The number of benzene rings is 1. The molecule has 0 aliphatic heterocycles. The van der Waals surface area contributed by atoms with Gasteiger partial charge in [-0.1, -0.05) is 5.16 Å². The van der Waals surface area contributed by atoms with Crippen molar-refractivity contribution in [3.63, 3.8) is 0 Å². The highest BCUT2D eigenvalue weighted by atomic mass is 16.5. The quantitative estimate of drug-likeness (QED) is 0.713. The first-order chi connectivity index (χ1) is 14.4. The Morgan fingerprint density at radius 1 is 1.13 bits per heavy atom. The van der Waals surface area contributed by atoms with Crippen LogP contribution in [0.1, 0.15) is 72.8 Å². The number of nitrogens with zero attached hydrogens (tertiary/aromatic N) is 1. The maximum absolute atomic E-state index is 12.9. The molecule has 4 aliphatic carbocycles. The van der Waals surface area contributed by atoms with Crippen LogP contribution in [0.2, 0.25) is 0 Å². The Balaban J connectivity index is 1.20. The minimum atomic E-state index is 0.0236. The number of rotatable bonds is 6. The normalized spacial score (nSPS) is 30.3. The zero-order valence-electron chi connectivity index (χ0n) is 18.2. The summed E-state index contributed by atoms with van der Waals surface area (Å²) < 4.78 is 11.0. The van der Waals surface area contributed by atoms with Gasteiger partial charge in [-0.2, -0.15) is 0 Å². The average molecular weight is 409 g/mol. The second-order valence-electron chi connectivity index (χ2n) is 10.1. The summed E-state index contributed by atoms with van der Waals surface area (Å²) in [6.45, 7) is 6.44. The summed E-state index contributed by atoms with van der Waals surface area (Å²) in [5.41, 5.74) is 2.83. The predicted molar refractivity (Wildman–Crippen MR) is 114 cm³/mol. The van der Waals surface area contributed by atoms with Gasteiger partial charge in [-0.25, -0.2) is 0 Å². The van der Waals surface area contributed by atoms with Crippen molar-refractivity contribution >= 4 is 5.91 Å². The van der Waals surface area contributed by atoms with Crippen LogP contribution in [0.25, 0.3) is 0 Å². The first-order valence-electron chi connectivity index (χ1n) is 11.4. The van der Waals surface area contributed by atoms with E-state index < -0.39 is 0 Å². The van der Waals surface area contributed by atoms with E-state index >= 15 is 0 Å². The van der Waals surface area contributed by atoms with Crippen LogP contribution < -0.4 is 10.1 Å². The van der Waals surface area contributed by atoms with E-state index in [0.717, 1.165) is 40.5 Å². The lowest BCUT2D eigenvalue weighted by Crippen LogP contribution is -2.55. The van der Waals surface area contributed by atoms with E-state index in [1.807, 2.05) is 38.1 Å². The molecular weight excluding hydrogens is 376 g/mol. The number of aryl methyl sites for hydroxylation is 2. The third kappa shape index (κ3) is 3.52. The fraction of sp³-hybridized carbons (Fsp3) is 0.600. The molecule has 1 N–H and O–H groups in total. The SMILES string of the molecule is Cc1noc(C)c1COc1ccc(C(=O)N[C@H](C)C23CC4CC(CC(C4)C2)C3)cc1. The van der Waals surface area contributed by atoms with E-state index in [4.69, 9.17) is 9.26 Å². The number of hydrogen-bond donors (Lipinski definition) is 1. The molecule has 5 heteroatoms. The van der Waals surface area contributed by atoms with Crippen molar-refractivity contribution in [1.29, 1.82) is 0 Å². The van der Waals surface area contributed by atoms with E-state index in [0.29, 0.717) is 17.6 Å². The number of carbonyl (C=O) groups is 1. The number of hydrogen-bond acceptors (Lipinski definition) is 4. The van der Waals surface area contributed by atoms with Crippen LogP contribution in [0.3, 0.4) is 0 Å². The minimum absolute atomic E-state index is 0.0236. The van der Waals surface area contributed by atoms with Gasteiger partial charge in [-0.05, 0) is 107 Å². The molecule has 5 nitrogen and oxygen atoms in total. The zero-order valence-corrected chi connectivity index (χ0v) is 18.2. The topological polar surface area (TPSA) is 64.4 Å². The minimum Gasteiger partial charge on any atom is -0.489 e. The molecular formula is C25H32N2O3. The molecule has 4 fully saturated rings. The van der Waals surface area contributed by atoms with Crippen LogP contribution in [0, 0.1) is 37.0 Å². The van der Waals surface area contributed by atoms with Crippen molar-refractivity contribution in [2.75, 3.05) is 0 Å². The van der Waals surface area contributed by atoms with Crippen LogP contribution >= 0.6 is 0 Å². The zero-order chi connectivity index (χ0) is 20.9. The van der Waals surface area contributed by atoms with Gasteiger partial charge < -0.3 is 14.6 Å². The van der Waals surface area contributed by atoms with Gasteiger partial charge >= 0.3 is 0 Å². The highest BCUT2D eigenvalue weighted by Gasteiger charge is 2.53. The van der Waals surface area contributed by atoms with Crippen LogP contribution in [-0.2, 0) is 6.61 Å². The molecule has 6 rings (SSSR count). The molecule has 1 atom stereocenters. The number of ether oxygens (including phenoxy) is 1. The van der Waals surface area contributed by atoms with Crippen LogP contribution in [0.15, 0.2) is 28.8 Å². The van der Waals surface area contributed by atoms with Crippen molar-refractivity contribution in [3.05, 3.63) is 46.8 Å². The molecule has 2 aromatic rings. The Kier molecular flexibility index (Phi) is 4.87. The van der Waals surface area contributed by atoms with Crippen LogP contribution in [-0.4, -0.2) is 17.1 Å². The molecule has 0 unspecified atom stereocenters. The van der Waals surface area contributed by atoms with Gasteiger partial charge in [0, 0.05) is 11.6 Å². The molecule has 0 radical (unpaired) electrons. The molecule has 4 bridgehead atoms. The third-order valence-corrected chi connectivity index (χ3v) is 8.03. The van der Waals surface area contributed by atoms with Crippen LogP contribution in [0.5, 0.6) is 5.75 Å². The lowest BCUT2D eigenvalue weighted by molar-refractivity contribution is -0.0688. The number of nitrogens with one attached hydrogen (secondary N) is 1. The third-order valence-electron chi connectivity index (χ3n) is 8.03. The van der Waals surface area contributed by atoms with Gasteiger partial charge in [0.2, 0.25) is 0 Å². The van der Waals surface area contributed by atoms with Crippen molar-refractivity contribution in [2.45, 2.75) is 71.9 Å². The Hall–Kier alpha value is -2.30. The fourth-order valence-electron chi connectivity index (χ4n) is 6.71. The Bertz CT molecular complexity index is 876.